The maximum atomic E-state index is 11.4. The van der Waals surface area contributed by atoms with Gasteiger partial charge in [-0.1, -0.05) is 12.1 Å². The van der Waals surface area contributed by atoms with Gasteiger partial charge in [0.1, 0.15) is 18.1 Å². The van der Waals surface area contributed by atoms with Crippen LogP contribution in [0.25, 0.3) is 0 Å². The van der Waals surface area contributed by atoms with E-state index in [1.54, 1.807) is 42.5 Å². The molecular formula is C15H15NO4. The number of nitrogens with two attached hydrogens (primary N) is 1. The minimum Gasteiger partial charge on any atom is -0.508 e. The van der Waals surface area contributed by atoms with E-state index >= 15 is 0 Å². The molecule has 0 aliphatic carbocycles. The van der Waals surface area contributed by atoms with Crippen LogP contribution in [-0.2, 0) is 11.3 Å². The summed E-state index contributed by atoms with van der Waals surface area (Å²) < 4.78 is 10.2. The second-order valence-electron chi connectivity index (χ2n) is 4.20. The second kappa shape index (κ2) is 5.97. The highest BCUT2D eigenvalue weighted by Crippen LogP contribution is 2.24. The first-order valence-electron chi connectivity index (χ1n) is 5.98. The van der Waals surface area contributed by atoms with Crippen molar-refractivity contribution in [3.63, 3.8) is 0 Å². The molecule has 5 nitrogen and oxygen atoms in total. The maximum absolute atomic E-state index is 11.4. The summed E-state index contributed by atoms with van der Waals surface area (Å²) >= 11 is 0. The summed E-state index contributed by atoms with van der Waals surface area (Å²) in [5, 5.41) is 9.20. The molecule has 0 saturated carbocycles. The van der Waals surface area contributed by atoms with Crippen LogP contribution in [0, 0.1) is 0 Å². The first kappa shape index (κ1) is 13.7. The Balaban J connectivity index is 2.12. The fourth-order valence-electron chi connectivity index (χ4n) is 1.66. The molecule has 0 heterocycles. The average Bonchev–Trinajstić information content (AvgIpc) is 2.47. The molecule has 5 heteroatoms. The molecule has 0 atom stereocenters. The summed E-state index contributed by atoms with van der Waals surface area (Å²) in [6, 6.07) is 11.4. The van der Waals surface area contributed by atoms with E-state index in [1.807, 2.05) is 0 Å². The molecule has 0 unspecified atom stereocenters. The monoisotopic (exact) mass is 273 g/mol. The number of rotatable bonds is 4. The molecule has 0 saturated heterocycles. The van der Waals surface area contributed by atoms with Crippen LogP contribution in [0.2, 0.25) is 0 Å². The molecule has 104 valence electrons. The highest BCUT2D eigenvalue weighted by molar-refractivity contribution is 5.90. The van der Waals surface area contributed by atoms with E-state index in [-0.39, 0.29) is 12.4 Å². The number of benzene rings is 2. The molecule has 2 rings (SSSR count). The van der Waals surface area contributed by atoms with Crippen LogP contribution in [0.4, 0.5) is 5.69 Å². The molecule has 0 bridgehead atoms. The lowest BCUT2D eigenvalue weighted by molar-refractivity contribution is 0.0600. The van der Waals surface area contributed by atoms with Crippen molar-refractivity contribution in [3.05, 3.63) is 53.6 Å². The van der Waals surface area contributed by atoms with E-state index in [0.29, 0.717) is 17.0 Å². The van der Waals surface area contributed by atoms with Crippen molar-refractivity contribution in [1.82, 2.24) is 0 Å². The standard InChI is InChI=1S/C15H15NO4/c1-19-15(18)11-4-7-13(16)14(8-11)20-9-10-2-5-12(17)6-3-10/h2-8,17H,9,16H2,1H3. The minimum absolute atomic E-state index is 0.195. The van der Waals surface area contributed by atoms with Crippen LogP contribution < -0.4 is 10.5 Å². The van der Waals surface area contributed by atoms with E-state index in [4.69, 9.17) is 10.5 Å². The van der Waals surface area contributed by atoms with Gasteiger partial charge >= 0.3 is 5.97 Å². The Morgan fingerprint density at radius 2 is 1.90 bits per heavy atom. The van der Waals surface area contributed by atoms with Gasteiger partial charge in [0, 0.05) is 0 Å². The zero-order chi connectivity index (χ0) is 14.5. The van der Waals surface area contributed by atoms with Crippen LogP contribution in [0.3, 0.4) is 0 Å². The third-order valence-electron chi connectivity index (χ3n) is 2.77. The number of carbonyl (C=O) groups excluding carboxylic acids is 1. The van der Waals surface area contributed by atoms with Gasteiger partial charge in [-0.3, -0.25) is 0 Å². The van der Waals surface area contributed by atoms with Gasteiger partial charge in [0.15, 0.2) is 0 Å². The van der Waals surface area contributed by atoms with E-state index in [0.717, 1.165) is 5.56 Å². The Morgan fingerprint density at radius 3 is 2.55 bits per heavy atom. The van der Waals surface area contributed by atoms with Crippen molar-refractivity contribution in [2.45, 2.75) is 6.61 Å². The van der Waals surface area contributed by atoms with Crippen molar-refractivity contribution in [3.8, 4) is 11.5 Å². The summed E-state index contributed by atoms with van der Waals surface area (Å²) in [5.74, 6) is 0.168. The molecule has 0 aliphatic rings. The van der Waals surface area contributed by atoms with Crippen molar-refractivity contribution in [2.75, 3.05) is 12.8 Å². The van der Waals surface area contributed by atoms with Gasteiger partial charge < -0.3 is 20.3 Å². The maximum Gasteiger partial charge on any atom is 0.337 e. The third kappa shape index (κ3) is 3.20. The molecule has 2 aromatic rings. The first-order valence-corrected chi connectivity index (χ1v) is 5.98. The van der Waals surface area contributed by atoms with E-state index in [9.17, 15) is 9.90 Å². The predicted molar refractivity (Wildman–Crippen MR) is 74.6 cm³/mol. The lowest BCUT2D eigenvalue weighted by atomic mass is 10.2. The van der Waals surface area contributed by atoms with Gasteiger partial charge in [-0.05, 0) is 35.9 Å². The number of aromatic hydroxyl groups is 1. The number of methoxy groups -OCH3 is 1. The van der Waals surface area contributed by atoms with Crippen LogP contribution in [0.1, 0.15) is 15.9 Å². The van der Waals surface area contributed by atoms with Crippen LogP contribution >= 0.6 is 0 Å². The SMILES string of the molecule is COC(=O)c1ccc(N)c(OCc2ccc(O)cc2)c1. The van der Waals surface area contributed by atoms with Gasteiger partial charge in [-0.25, -0.2) is 4.79 Å². The Hall–Kier alpha value is -2.69. The zero-order valence-electron chi connectivity index (χ0n) is 11.0. The van der Waals surface area contributed by atoms with Gasteiger partial charge in [-0.15, -0.1) is 0 Å². The first-order chi connectivity index (χ1) is 9.60. The van der Waals surface area contributed by atoms with E-state index < -0.39 is 5.97 Å². The second-order valence-corrected chi connectivity index (χ2v) is 4.20. The molecule has 20 heavy (non-hydrogen) atoms. The normalized spacial score (nSPS) is 10.1. The van der Waals surface area contributed by atoms with Gasteiger partial charge in [-0.2, -0.15) is 0 Å². The highest BCUT2D eigenvalue weighted by atomic mass is 16.5. The third-order valence-corrected chi connectivity index (χ3v) is 2.77. The van der Waals surface area contributed by atoms with Crippen molar-refractivity contribution >= 4 is 11.7 Å². The van der Waals surface area contributed by atoms with Crippen LogP contribution in [-0.4, -0.2) is 18.2 Å². The number of hydrogen-bond acceptors (Lipinski definition) is 5. The smallest absolute Gasteiger partial charge is 0.337 e. The van der Waals surface area contributed by atoms with Crippen molar-refractivity contribution in [2.24, 2.45) is 0 Å². The molecule has 0 aliphatic heterocycles. The quantitative estimate of drug-likeness (QED) is 0.660. The van der Waals surface area contributed by atoms with Gasteiger partial charge in [0.05, 0.1) is 18.4 Å². The number of phenolic OH excluding ortho intramolecular Hbond substituents is 1. The Morgan fingerprint density at radius 1 is 1.20 bits per heavy atom. The molecule has 0 radical (unpaired) electrons. The highest BCUT2D eigenvalue weighted by Gasteiger charge is 2.09. The molecule has 2 aromatic carbocycles. The van der Waals surface area contributed by atoms with E-state index in [1.165, 1.54) is 7.11 Å². The summed E-state index contributed by atoms with van der Waals surface area (Å²) in [6.45, 7) is 0.287. The van der Waals surface area contributed by atoms with Crippen LogP contribution in [0.5, 0.6) is 11.5 Å². The molecule has 0 aromatic heterocycles. The number of nitrogen functional groups attached to an aromatic ring is 1. The zero-order valence-corrected chi connectivity index (χ0v) is 11.0. The number of hydrogen-bond donors (Lipinski definition) is 2. The lowest BCUT2D eigenvalue weighted by Crippen LogP contribution is -2.04. The Labute approximate surface area is 116 Å². The Bertz CT molecular complexity index is 608. The fourth-order valence-corrected chi connectivity index (χ4v) is 1.66. The Kier molecular flexibility index (Phi) is 4.10. The predicted octanol–water partition coefficient (Wildman–Crippen LogP) is 2.34. The van der Waals surface area contributed by atoms with Gasteiger partial charge in [0.25, 0.3) is 0 Å². The topological polar surface area (TPSA) is 81.8 Å². The van der Waals surface area contributed by atoms with Crippen molar-refractivity contribution < 1.29 is 19.4 Å². The van der Waals surface area contributed by atoms with Crippen molar-refractivity contribution in [1.29, 1.82) is 0 Å². The minimum atomic E-state index is -0.445. The molecule has 3 N–H and O–H groups in total. The number of phenols is 1. The number of ether oxygens (including phenoxy) is 2. The summed E-state index contributed by atoms with van der Waals surface area (Å²) in [5.41, 5.74) is 7.50. The summed E-state index contributed by atoms with van der Waals surface area (Å²) in [6.07, 6.45) is 0. The van der Waals surface area contributed by atoms with Crippen LogP contribution in [0.15, 0.2) is 42.5 Å². The molecular weight excluding hydrogens is 258 g/mol. The van der Waals surface area contributed by atoms with Gasteiger partial charge in [0.2, 0.25) is 0 Å². The largest absolute Gasteiger partial charge is 0.508 e. The molecule has 0 amide bonds. The average molecular weight is 273 g/mol. The lowest BCUT2D eigenvalue weighted by Gasteiger charge is -2.10. The number of esters is 1. The molecule has 0 fully saturated rings. The fraction of sp³-hybridized carbons (Fsp3) is 0.133. The summed E-state index contributed by atoms with van der Waals surface area (Å²) in [7, 11) is 1.32. The summed E-state index contributed by atoms with van der Waals surface area (Å²) in [4.78, 5) is 11.4. The number of carbonyl (C=O) groups is 1. The number of anilines is 1. The molecule has 0 spiro atoms. The van der Waals surface area contributed by atoms with E-state index in [2.05, 4.69) is 4.74 Å².